The van der Waals surface area contributed by atoms with Crippen LogP contribution in [0.5, 0.6) is 5.75 Å². The van der Waals surface area contributed by atoms with Crippen LogP contribution in [0, 0.1) is 0 Å². The van der Waals surface area contributed by atoms with Crippen molar-refractivity contribution in [1.82, 2.24) is 14.5 Å². The Morgan fingerprint density at radius 2 is 1.65 bits per heavy atom. The summed E-state index contributed by atoms with van der Waals surface area (Å²) in [7, 11) is 1.61. The van der Waals surface area contributed by atoms with Crippen LogP contribution in [0.2, 0.25) is 10.0 Å². The predicted molar refractivity (Wildman–Crippen MR) is 146 cm³/mol. The molecule has 0 radical (unpaired) electrons. The van der Waals surface area contributed by atoms with E-state index in [1.807, 2.05) is 13.0 Å². The van der Waals surface area contributed by atoms with E-state index >= 15 is 0 Å². The van der Waals surface area contributed by atoms with E-state index in [-0.39, 0.29) is 18.1 Å². The second-order valence-corrected chi connectivity index (χ2v) is 9.33. The molecule has 37 heavy (non-hydrogen) atoms. The van der Waals surface area contributed by atoms with Crippen LogP contribution < -0.4 is 10.3 Å². The first-order chi connectivity index (χ1) is 17.9. The fourth-order valence-corrected chi connectivity index (χ4v) is 4.33. The molecule has 0 aliphatic rings. The van der Waals surface area contributed by atoms with Crippen molar-refractivity contribution < 1.29 is 14.3 Å². The van der Waals surface area contributed by atoms with Gasteiger partial charge in [0.25, 0.3) is 11.5 Å². The Hall–Kier alpha value is -3.39. The third-order valence-electron chi connectivity index (χ3n) is 5.97. The molecule has 1 unspecified atom stereocenters. The van der Waals surface area contributed by atoms with Crippen LogP contribution in [0.15, 0.2) is 77.6 Å². The highest BCUT2D eigenvalue weighted by molar-refractivity contribution is 6.30. The Kier molecular flexibility index (Phi) is 8.82. The summed E-state index contributed by atoms with van der Waals surface area (Å²) in [6, 6.07) is 20.4. The maximum atomic E-state index is 13.7. The van der Waals surface area contributed by atoms with Gasteiger partial charge in [-0.2, -0.15) is 0 Å². The van der Waals surface area contributed by atoms with Gasteiger partial charge in [-0.25, -0.2) is 4.98 Å². The number of methoxy groups -OCH3 is 1. The van der Waals surface area contributed by atoms with Gasteiger partial charge < -0.3 is 14.4 Å². The molecule has 4 rings (SSSR count). The lowest BCUT2D eigenvalue weighted by Crippen LogP contribution is -2.40. The average molecular weight is 540 g/mol. The number of benzene rings is 3. The van der Waals surface area contributed by atoms with Crippen molar-refractivity contribution in [1.29, 1.82) is 0 Å². The number of amides is 1. The maximum absolute atomic E-state index is 13.7. The maximum Gasteiger partial charge on any atom is 0.266 e. The number of carbonyl (C=O) groups is 1. The number of ether oxygens (including phenoxy) is 2. The number of hydrogen-bond donors (Lipinski definition) is 0. The van der Waals surface area contributed by atoms with E-state index in [0.29, 0.717) is 57.8 Å². The van der Waals surface area contributed by atoms with Crippen LogP contribution in [0.3, 0.4) is 0 Å². The Labute approximate surface area is 225 Å². The van der Waals surface area contributed by atoms with E-state index in [4.69, 9.17) is 37.7 Å². The van der Waals surface area contributed by atoms with Crippen LogP contribution >= 0.6 is 23.2 Å². The predicted octanol–water partition coefficient (Wildman–Crippen LogP) is 5.70. The third-order valence-corrected chi connectivity index (χ3v) is 6.48. The summed E-state index contributed by atoms with van der Waals surface area (Å²) in [5, 5.41) is 1.61. The van der Waals surface area contributed by atoms with E-state index in [1.165, 1.54) is 0 Å². The van der Waals surface area contributed by atoms with Crippen molar-refractivity contribution in [2.45, 2.75) is 19.4 Å². The molecule has 4 aromatic rings. The quantitative estimate of drug-likeness (QED) is 0.242. The first-order valence-electron chi connectivity index (χ1n) is 11.8. The zero-order valence-corrected chi connectivity index (χ0v) is 22.1. The normalized spacial score (nSPS) is 11.9. The van der Waals surface area contributed by atoms with E-state index in [0.717, 1.165) is 0 Å². The minimum atomic E-state index is -0.550. The van der Waals surface area contributed by atoms with Crippen LogP contribution in [0.25, 0.3) is 16.6 Å². The van der Waals surface area contributed by atoms with Gasteiger partial charge in [-0.15, -0.1) is 0 Å². The zero-order chi connectivity index (χ0) is 26.4. The van der Waals surface area contributed by atoms with Gasteiger partial charge in [0.15, 0.2) is 6.61 Å². The molecule has 0 bridgehead atoms. The number of halogens is 2. The van der Waals surface area contributed by atoms with E-state index < -0.39 is 6.04 Å². The van der Waals surface area contributed by atoms with Crippen molar-refractivity contribution in [2.24, 2.45) is 0 Å². The summed E-state index contributed by atoms with van der Waals surface area (Å²) in [5.41, 5.74) is 0.939. The van der Waals surface area contributed by atoms with E-state index in [1.54, 1.807) is 83.3 Å². The standard InChI is InChI=1S/C28H27Cl2N3O4/c1-19(32(16-5-17-36-2)26(34)18-37-23-14-10-21(30)11-15-23)27-31-25-7-4-3-6-24(25)28(35)33(27)22-12-8-20(29)9-13-22/h3-4,6-15,19H,5,16-18H2,1-2H3. The van der Waals surface area contributed by atoms with Crippen LogP contribution in [0.1, 0.15) is 25.2 Å². The number of rotatable bonds is 10. The Bertz CT molecular complexity index is 1420. The minimum absolute atomic E-state index is 0.183. The Morgan fingerprint density at radius 3 is 2.32 bits per heavy atom. The Balaban J connectivity index is 1.73. The Morgan fingerprint density at radius 1 is 1.00 bits per heavy atom. The molecular formula is C28H27Cl2N3O4. The fraction of sp³-hybridized carbons (Fsp3) is 0.250. The second kappa shape index (κ2) is 12.2. The molecule has 192 valence electrons. The smallest absolute Gasteiger partial charge is 0.266 e. The van der Waals surface area contributed by atoms with Crippen molar-refractivity contribution >= 4 is 40.0 Å². The summed E-state index contributed by atoms with van der Waals surface area (Å²) in [6.07, 6.45) is 0.603. The third kappa shape index (κ3) is 6.31. The summed E-state index contributed by atoms with van der Waals surface area (Å²) in [5.74, 6) is 0.719. The minimum Gasteiger partial charge on any atom is -0.484 e. The monoisotopic (exact) mass is 539 g/mol. The van der Waals surface area contributed by atoms with Gasteiger partial charge in [0.2, 0.25) is 0 Å². The molecule has 0 aliphatic carbocycles. The molecule has 0 spiro atoms. The molecule has 9 heteroatoms. The molecule has 3 aromatic carbocycles. The lowest BCUT2D eigenvalue weighted by atomic mass is 10.1. The van der Waals surface area contributed by atoms with Crippen LogP contribution in [-0.2, 0) is 9.53 Å². The second-order valence-electron chi connectivity index (χ2n) is 8.46. The number of para-hydroxylation sites is 1. The van der Waals surface area contributed by atoms with E-state index in [9.17, 15) is 9.59 Å². The number of fused-ring (bicyclic) bond motifs is 1. The number of hydrogen-bond acceptors (Lipinski definition) is 5. The molecule has 1 atom stereocenters. The highest BCUT2D eigenvalue weighted by Crippen LogP contribution is 2.24. The lowest BCUT2D eigenvalue weighted by Gasteiger charge is -2.30. The van der Waals surface area contributed by atoms with E-state index in [2.05, 4.69) is 0 Å². The number of aromatic nitrogens is 2. The summed E-state index contributed by atoms with van der Waals surface area (Å²) in [4.78, 5) is 33.6. The zero-order valence-electron chi connectivity index (χ0n) is 20.6. The highest BCUT2D eigenvalue weighted by Gasteiger charge is 2.27. The first kappa shape index (κ1) is 26.7. The molecule has 0 saturated heterocycles. The SMILES string of the molecule is COCCCN(C(=O)COc1ccc(Cl)cc1)C(C)c1nc2ccccc2c(=O)n1-c1ccc(Cl)cc1. The summed E-state index contributed by atoms with van der Waals surface area (Å²) >= 11 is 12.1. The molecule has 0 fully saturated rings. The summed E-state index contributed by atoms with van der Waals surface area (Å²) in [6.45, 7) is 2.54. The van der Waals surface area contributed by atoms with Crippen LogP contribution in [-0.4, -0.2) is 47.2 Å². The fourth-order valence-electron chi connectivity index (χ4n) is 4.08. The molecule has 1 heterocycles. The molecule has 7 nitrogen and oxygen atoms in total. The topological polar surface area (TPSA) is 73.7 Å². The molecule has 1 aromatic heterocycles. The lowest BCUT2D eigenvalue weighted by molar-refractivity contribution is -0.136. The van der Waals surface area contributed by atoms with Gasteiger partial charge in [0.1, 0.15) is 11.6 Å². The van der Waals surface area contributed by atoms with Crippen LogP contribution in [0.4, 0.5) is 0 Å². The molecular weight excluding hydrogens is 513 g/mol. The van der Waals surface area contributed by atoms with Gasteiger partial charge in [-0.3, -0.25) is 14.2 Å². The van der Waals surface area contributed by atoms with Gasteiger partial charge in [-0.05, 0) is 74.0 Å². The molecule has 0 saturated carbocycles. The van der Waals surface area contributed by atoms with Crippen molar-refractivity contribution in [3.63, 3.8) is 0 Å². The average Bonchev–Trinajstić information content (AvgIpc) is 2.91. The molecule has 0 aliphatic heterocycles. The highest BCUT2D eigenvalue weighted by atomic mass is 35.5. The van der Waals surface area contributed by atoms with Crippen molar-refractivity contribution in [3.05, 3.63) is 99.0 Å². The number of nitrogens with zero attached hydrogens (tertiary/aromatic N) is 3. The molecule has 1 amide bonds. The van der Waals surface area contributed by atoms with Gasteiger partial charge in [0.05, 0.1) is 22.6 Å². The molecule has 0 N–H and O–H groups in total. The summed E-state index contributed by atoms with van der Waals surface area (Å²) < 4.78 is 12.5. The van der Waals surface area contributed by atoms with Gasteiger partial charge in [0, 0.05) is 30.3 Å². The van der Waals surface area contributed by atoms with Gasteiger partial charge in [-0.1, -0.05) is 35.3 Å². The van der Waals surface area contributed by atoms with Crippen molar-refractivity contribution in [2.75, 3.05) is 26.9 Å². The van der Waals surface area contributed by atoms with Gasteiger partial charge >= 0.3 is 0 Å². The largest absolute Gasteiger partial charge is 0.484 e. The first-order valence-corrected chi connectivity index (χ1v) is 12.6. The number of carbonyl (C=O) groups excluding carboxylic acids is 1. The van der Waals surface area contributed by atoms with Crippen molar-refractivity contribution in [3.8, 4) is 11.4 Å².